The van der Waals surface area contributed by atoms with Gasteiger partial charge in [-0.05, 0) is 63.0 Å². The number of oxazole rings is 1. The third-order valence-corrected chi connectivity index (χ3v) is 5.49. The number of carbonyl (C=O) groups excluding carboxylic acids is 1. The Morgan fingerprint density at radius 3 is 2.71 bits per heavy atom. The summed E-state index contributed by atoms with van der Waals surface area (Å²) in [6.07, 6.45) is 0. The van der Waals surface area contributed by atoms with Crippen molar-refractivity contribution in [2.24, 2.45) is 0 Å². The molecule has 21 heavy (non-hydrogen) atoms. The maximum absolute atomic E-state index is 12.5. The fraction of sp³-hybridized carbons (Fsp3) is 0.143. The lowest BCUT2D eigenvalue weighted by molar-refractivity contribution is 0.103. The van der Waals surface area contributed by atoms with Crippen molar-refractivity contribution < 1.29 is 9.21 Å². The summed E-state index contributed by atoms with van der Waals surface area (Å²) in [5, 5.41) is 0. The molecule has 1 aromatic carbocycles. The molecule has 0 spiro atoms. The third-order valence-electron chi connectivity index (χ3n) is 3.15. The highest BCUT2D eigenvalue weighted by atomic mass is 79.9. The highest BCUT2D eigenvalue weighted by Crippen LogP contribution is 2.33. The van der Waals surface area contributed by atoms with E-state index in [-0.39, 0.29) is 5.78 Å². The van der Waals surface area contributed by atoms with Crippen molar-refractivity contribution in [3.8, 4) is 0 Å². The molecule has 0 saturated heterocycles. The number of thiophene rings is 1. The van der Waals surface area contributed by atoms with Crippen LogP contribution in [0, 0.1) is 0 Å². The van der Waals surface area contributed by atoms with Gasteiger partial charge in [-0.15, -0.1) is 11.3 Å². The average Bonchev–Trinajstić information content (AvgIpc) is 2.95. The molecule has 3 aromatic rings. The minimum atomic E-state index is -0.406. The first-order chi connectivity index (χ1) is 10.0. The van der Waals surface area contributed by atoms with Gasteiger partial charge in [0.1, 0.15) is 0 Å². The minimum Gasteiger partial charge on any atom is -0.408 e. The van der Waals surface area contributed by atoms with Crippen LogP contribution in [0.5, 0.6) is 0 Å². The van der Waals surface area contributed by atoms with Gasteiger partial charge in [0.2, 0.25) is 0 Å². The number of rotatable bonds is 3. The van der Waals surface area contributed by atoms with Crippen LogP contribution in [0.4, 0.5) is 0 Å². The summed E-state index contributed by atoms with van der Waals surface area (Å²) in [4.78, 5) is 24.2. The Morgan fingerprint density at radius 1 is 1.33 bits per heavy atom. The number of aryl methyl sites for hydroxylation is 1. The zero-order valence-electron chi connectivity index (χ0n) is 10.9. The zero-order chi connectivity index (χ0) is 15.1. The number of ketones is 1. The van der Waals surface area contributed by atoms with Crippen molar-refractivity contribution in [3.05, 3.63) is 53.5 Å². The van der Waals surface area contributed by atoms with Gasteiger partial charge in [-0.1, -0.05) is 0 Å². The number of halogens is 2. The van der Waals surface area contributed by atoms with Crippen molar-refractivity contribution in [3.63, 3.8) is 0 Å². The quantitative estimate of drug-likeness (QED) is 0.577. The Labute approximate surface area is 140 Å². The summed E-state index contributed by atoms with van der Waals surface area (Å²) in [6.45, 7) is 2.40. The molecule has 0 radical (unpaired) electrons. The molecule has 0 unspecified atom stereocenters. The number of carbonyl (C=O) groups is 1. The van der Waals surface area contributed by atoms with Gasteiger partial charge in [0.05, 0.1) is 13.1 Å². The Bertz CT molecular complexity index is 907. The lowest BCUT2D eigenvalue weighted by atomic mass is 10.1. The molecule has 108 valence electrons. The van der Waals surface area contributed by atoms with Crippen LogP contribution in [-0.2, 0) is 6.54 Å². The molecule has 0 amide bonds. The second-order valence-corrected chi connectivity index (χ2v) is 8.11. The smallest absolute Gasteiger partial charge is 0.408 e. The standard InChI is InChI=1S/C14H9Br2NO3S/c1-2-17-9-4-3-7(5-10(9)20-14(17)19)12(18)8-6-11(15)21-13(8)16/h3-6H,2H2,1H3. The fourth-order valence-electron chi connectivity index (χ4n) is 2.16. The van der Waals surface area contributed by atoms with Gasteiger partial charge in [0.25, 0.3) is 0 Å². The largest absolute Gasteiger partial charge is 0.419 e. The Kier molecular flexibility index (Phi) is 3.90. The van der Waals surface area contributed by atoms with E-state index in [9.17, 15) is 9.59 Å². The first kappa shape index (κ1) is 14.7. The fourth-order valence-corrected chi connectivity index (χ4v) is 4.95. The maximum atomic E-state index is 12.5. The SMILES string of the molecule is CCn1c(=O)oc2cc(C(=O)c3cc(Br)sc3Br)ccc21. The van der Waals surface area contributed by atoms with E-state index in [4.69, 9.17) is 4.42 Å². The number of hydrogen-bond acceptors (Lipinski definition) is 4. The van der Waals surface area contributed by atoms with Crippen molar-refractivity contribution in [1.82, 2.24) is 4.57 Å². The monoisotopic (exact) mass is 429 g/mol. The highest BCUT2D eigenvalue weighted by molar-refractivity contribution is 9.12. The van der Waals surface area contributed by atoms with E-state index in [0.29, 0.717) is 28.8 Å². The van der Waals surface area contributed by atoms with Crippen LogP contribution in [0.1, 0.15) is 22.8 Å². The van der Waals surface area contributed by atoms with Crippen LogP contribution in [0.15, 0.2) is 41.0 Å². The van der Waals surface area contributed by atoms with Crippen molar-refractivity contribution in [2.45, 2.75) is 13.5 Å². The summed E-state index contributed by atoms with van der Waals surface area (Å²) >= 11 is 8.18. The topological polar surface area (TPSA) is 52.2 Å². The van der Waals surface area contributed by atoms with E-state index >= 15 is 0 Å². The molecule has 0 saturated carbocycles. The van der Waals surface area contributed by atoms with E-state index < -0.39 is 5.76 Å². The van der Waals surface area contributed by atoms with E-state index in [0.717, 1.165) is 7.57 Å². The number of fused-ring (bicyclic) bond motifs is 1. The lowest BCUT2D eigenvalue weighted by Crippen LogP contribution is -2.11. The molecular formula is C14H9Br2NO3S. The summed E-state index contributed by atoms with van der Waals surface area (Å²) < 4.78 is 8.37. The molecule has 2 heterocycles. The molecule has 0 aliphatic carbocycles. The zero-order valence-corrected chi connectivity index (χ0v) is 14.8. The van der Waals surface area contributed by atoms with Gasteiger partial charge in [0.15, 0.2) is 11.4 Å². The summed E-state index contributed by atoms with van der Waals surface area (Å²) in [6, 6.07) is 6.84. The predicted molar refractivity (Wildman–Crippen MR) is 89.3 cm³/mol. The normalized spacial score (nSPS) is 11.2. The molecule has 0 aliphatic rings. The van der Waals surface area contributed by atoms with Crippen LogP contribution in [0.3, 0.4) is 0 Å². The highest BCUT2D eigenvalue weighted by Gasteiger charge is 2.17. The summed E-state index contributed by atoms with van der Waals surface area (Å²) in [5.74, 6) is -0.519. The summed E-state index contributed by atoms with van der Waals surface area (Å²) in [7, 11) is 0. The van der Waals surface area contributed by atoms with Crippen molar-refractivity contribution in [1.29, 1.82) is 0 Å². The number of benzene rings is 1. The number of hydrogen-bond donors (Lipinski definition) is 0. The maximum Gasteiger partial charge on any atom is 0.419 e. The molecule has 3 rings (SSSR count). The van der Waals surface area contributed by atoms with Gasteiger partial charge < -0.3 is 4.42 Å². The molecule has 4 nitrogen and oxygen atoms in total. The average molecular weight is 431 g/mol. The van der Waals surface area contributed by atoms with Gasteiger partial charge in [-0.2, -0.15) is 0 Å². The molecule has 0 bridgehead atoms. The van der Waals surface area contributed by atoms with Crippen LogP contribution in [-0.4, -0.2) is 10.4 Å². The minimum absolute atomic E-state index is 0.113. The summed E-state index contributed by atoms with van der Waals surface area (Å²) in [5.41, 5.74) is 2.21. The van der Waals surface area contributed by atoms with E-state index in [1.165, 1.54) is 15.9 Å². The van der Waals surface area contributed by atoms with E-state index in [1.54, 1.807) is 24.3 Å². The van der Waals surface area contributed by atoms with Crippen LogP contribution in [0.2, 0.25) is 0 Å². The first-order valence-electron chi connectivity index (χ1n) is 6.14. The lowest BCUT2D eigenvalue weighted by Gasteiger charge is -2.00. The molecule has 7 heteroatoms. The van der Waals surface area contributed by atoms with E-state index in [2.05, 4.69) is 31.9 Å². The van der Waals surface area contributed by atoms with Gasteiger partial charge in [-0.3, -0.25) is 9.36 Å². The van der Waals surface area contributed by atoms with Crippen molar-refractivity contribution >= 4 is 60.1 Å². The van der Waals surface area contributed by atoms with E-state index in [1.807, 2.05) is 6.92 Å². The van der Waals surface area contributed by atoms with Crippen LogP contribution >= 0.6 is 43.2 Å². The number of nitrogens with zero attached hydrogens (tertiary/aromatic N) is 1. The van der Waals surface area contributed by atoms with Gasteiger partial charge >= 0.3 is 5.76 Å². The predicted octanol–water partition coefficient (Wildman–Crippen LogP) is 4.43. The van der Waals surface area contributed by atoms with Crippen molar-refractivity contribution in [2.75, 3.05) is 0 Å². The number of aromatic nitrogens is 1. The van der Waals surface area contributed by atoms with Gasteiger partial charge in [-0.25, -0.2) is 4.79 Å². The molecule has 2 aromatic heterocycles. The van der Waals surface area contributed by atoms with Crippen LogP contribution in [0.25, 0.3) is 11.1 Å². The van der Waals surface area contributed by atoms with Gasteiger partial charge in [0, 0.05) is 17.7 Å². The second kappa shape index (κ2) is 5.55. The molecule has 0 atom stereocenters. The Morgan fingerprint density at radius 2 is 2.10 bits per heavy atom. The second-order valence-electron chi connectivity index (χ2n) is 4.36. The Balaban J connectivity index is 2.11. The Hall–Kier alpha value is -1.18. The third kappa shape index (κ3) is 2.54. The molecule has 0 aliphatic heterocycles. The molecule has 0 N–H and O–H groups in total. The molecule has 0 fully saturated rings. The first-order valence-corrected chi connectivity index (χ1v) is 8.54. The van der Waals surface area contributed by atoms with Crippen LogP contribution < -0.4 is 5.76 Å². The molecular weight excluding hydrogens is 422 g/mol.